The minimum atomic E-state index is -0.0569. The zero-order chi connectivity index (χ0) is 8.69. The van der Waals surface area contributed by atoms with E-state index in [4.69, 9.17) is 6.42 Å². The van der Waals surface area contributed by atoms with E-state index in [1.165, 1.54) is 19.1 Å². The van der Waals surface area contributed by atoms with Gasteiger partial charge in [0, 0.05) is 6.42 Å². The van der Waals surface area contributed by atoms with Gasteiger partial charge >= 0.3 is 0 Å². The fraction of sp³-hybridized carbons (Fsp3) is 0.333. The summed E-state index contributed by atoms with van der Waals surface area (Å²) < 4.78 is 0. The van der Waals surface area contributed by atoms with Crippen LogP contribution in [0.4, 0.5) is 0 Å². The van der Waals surface area contributed by atoms with Crippen molar-refractivity contribution in [3.05, 3.63) is 12.2 Å². The van der Waals surface area contributed by atoms with Gasteiger partial charge in [-0.1, -0.05) is 12.0 Å². The van der Waals surface area contributed by atoms with Crippen LogP contribution < -0.4 is 0 Å². The zero-order valence-corrected chi connectivity index (χ0v) is 6.46. The number of hydrogen-bond acceptors (Lipinski definition) is 2. The van der Waals surface area contributed by atoms with E-state index in [9.17, 15) is 9.59 Å². The summed E-state index contributed by atoms with van der Waals surface area (Å²) in [6, 6.07) is 0. The highest BCUT2D eigenvalue weighted by atomic mass is 16.1. The third-order valence-corrected chi connectivity index (χ3v) is 0.997. The van der Waals surface area contributed by atoms with Crippen molar-refractivity contribution in [1.82, 2.24) is 0 Å². The summed E-state index contributed by atoms with van der Waals surface area (Å²) in [6.45, 7) is 1.43. The van der Waals surface area contributed by atoms with Crippen LogP contribution in [-0.2, 0) is 9.59 Å². The Morgan fingerprint density at radius 2 is 2.18 bits per heavy atom. The second-order valence-electron chi connectivity index (χ2n) is 2.14. The lowest BCUT2D eigenvalue weighted by Gasteiger charge is -1.86. The number of terminal acetylenes is 1. The normalized spacial score (nSPS) is 9.45. The molecular weight excluding hydrogens is 140 g/mol. The molecule has 0 fully saturated rings. The first-order chi connectivity index (χ1) is 5.16. The first-order valence-corrected chi connectivity index (χ1v) is 3.29. The Morgan fingerprint density at radius 3 is 2.64 bits per heavy atom. The fourth-order valence-corrected chi connectivity index (χ4v) is 0.542. The smallest absolute Gasteiger partial charge is 0.152 e. The Kier molecular flexibility index (Phi) is 4.76. The fourth-order valence-electron chi connectivity index (χ4n) is 0.542. The quantitative estimate of drug-likeness (QED) is 0.444. The van der Waals surface area contributed by atoms with E-state index in [0.29, 0.717) is 0 Å². The zero-order valence-electron chi connectivity index (χ0n) is 6.46. The van der Waals surface area contributed by atoms with Gasteiger partial charge in [0.2, 0.25) is 0 Å². The minimum absolute atomic E-state index is 0.0370. The highest BCUT2D eigenvalue weighted by Gasteiger charge is 1.94. The van der Waals surface area contributed by atoms with Crippen LogP contribution in [0, 0.1) is 12.3 Å². The van der Waals surface area contributed by atoms with E-state index >= 15 is 0 Å². The van der Waals surface area contributed by atoms with Crippen molar-refractivity contribution in [1.29, 1.82) is 0 Å². The van der Waals surface area contributed by atoms with Gasteiger partial charge in [0.25, 0.3) is 0 Å². The molecule has 0 radical (unpaired) electrons. The van der Waals surface area contributed by atoms with E-state index in [-0.39, 0.29) is 24.4 Å². The summed E-state index contributed by atoms with van der Waals surface area (Å²) in [5, 5.41) is 0. The molecule has 0 amide bonds. The summed E-state index contributed by atoms with van der Waals surface area (Å²) in [6.07, 6.45) is 8.19. The van der Waals surface area contributed by atoms with Crippen molar-refractivity contribution in [3.8, 4) is 12.3 Å². The Balaban J connectivity index is 3.63. The third kappa shape index (κ3) is 6.53. The Labute approximate surface area is 66.3 Å². The van der Waals surface area contributed by atoms with Gasteiger partial charge in [-0.2, -0.15) is 0 Å². The molecule has 0 unspecified atom stereocenters. The number of carbonyl (C=O) groups excluding carboxylic acids is 2. The number of allylic oxidation sites excluding steroid dienone is 2. The van der Waals surface area contributed by atoms with Crippen LogP contribution in [0.3, 0.4) is 0 Å². The summed E-state index contributed by atoms with van der Waals surface area (Å²) in [4.78, 5) is 21.1. The SMILES string of the molecule is C#CCC(=O)C/C=C\C(C)=O. The molecule has 0 N–H and O–H groups in total. The highest BCUT2D eigenvalue weighted by molar-refractivity contribution is 5.89. The molecule has 0 aliphatic carbocycles. The van der Waals surface area contributed by atoms with Crippen molar-refractivity contribution in [2.75, 3.05) is 0 Å². The lowest BCUT2D eigenvalue weighted by Crippen LogP contribution is -1.93. The van der Waals surface area contributed by atoms with Crippen LogP contribution in [-0.4, -0.2) is 11.6 Å². The number of rotatable bonds is 4. The lowest BCUT2D eigenvalue weighted by molar-refractivity contribution is -0.117. The summed E-state index contributed by atoms with van der Waals surface area (Å²) in [7, 11) is 0. The van der Waals surface area contributed by atoms with Gasteiger partial charge in [0.15, 0.2) is 5.78 Å². The Bertz CT molecular complexity index is 218. The van der Waals surface area contributed by atoms with Gasteiger partial charge < -0.3 is 0 Å². The maximum Gasteiger partial charge on any atom is 0.152 e. The van der Waals surface area contributed by atoms with Crippen LogP contribution in [0.15, 0.2) is 12.2 Å². The molecule has 58 valence electrons. The van der Waals surface area contributed by atoms with Crippen LogP contribution in [0.5, 0.6) is 0 Å². The van der Waals surface area contributed by atoms with Crippen LogP contribution in [0.2, 0.25) is 0 Å². The molecule has 0 aromatic rings. The molecule has 0 saturated heterocycles. The summed E-state index contributed by atoms with van der Waals surface area (Å²) in [5.74, 6) is 2.14. The van der Waals surface area contributed by atoms with Gasteiger partial charge in [-0.05, 0) is 13.0 Å². The second kappa shape index (κ2) is 5.43. The molecule has 0 bridgehead atoms. The molecule has 11 heavy (non-hydrogen) atoms. The molecule has 2 nitrogen and oxygen atoms in total. The molecule has 0 heterocycles. The first kappa shape index (κ1) is 9.64. The second-order valence-corrected chi connectivity index (χ2v) is 2.14. The first-order valence-electron chi connectivity index (χ1n) is 3.29. The maximum atomic E-state index is 10.7. The standard InChI is InChI=1S/C9H10O2/c1-3-5-9(11)7-4-6-8(2)10/h1,4,6H,5,7H2,2H3/b6-4-. The van der Waals surface area contributed by atoms with Gasteiger partial charge in [0.1, 0.15) is 5.78 Å². The molecule has 2 heteroatoms. The van der Waals surface area contributed by atoms with E-state index in [0.717, 1.165) is 0 Å². The topological polar surface area (TPSA) is 34.1 Å². The predicted molar refractivity (Wildman–Crippen MR) is 42.9 cm³/mol. The summed E-state index contributed by atoms with van der Waals surface area (Å²) >= 11 is 0. The number of hydrogen-bond donors (Lipinski definition) is 0. The molecule has 0 aliphatic heterocycles. The highest BCUT2D eigenvalue weighted by Crippen LogP contribution is 1.90. The van der Waals surface area contributed by atoms with E-state index in [2.05, 4.69) is 5.92 Å². The Hall–Kier alpha value is -1.36. The van der Waals surface area contributed by atoms with E-state index in [1.807, 2.05) is 0 Å². The predicted octanol–water partition coefficient (Wildman–Crippen LogP) is 1.11. The average molecular weight is 150 g/mol. The molecule has 0 rings (SSSR count). The molecule has 0 aromatic heterocycles. The molecule has 0 spiro atoms. The molecule has 0 aliphatic rings. The molecular formula is C9H10O2. The van der Waals surface area contributed by atoms with Crippen LogP contribution in [0.25, 0.3) is 0 Å². The van der Waals surface area contributed by atoms with Gasteiger partial charge in [-0.15, -0.1) is 6.42 Å². The number of carbonyl (C=O) groups is 2. The van der Waals surface area contributed by atoms with E-state index in [1.54, 1.807) is 0 Å². The van der Waals surface area contributed by atoms with Crippen LogP contribution in [0.1, 0.15) is 19.8 Å². The Morgan fingerprint density at radius 1 is 1.55 bits per heavy atom. The molecule has 0 aromatic carbocycles. The third-order valence-electron chi connectivity index (χ3n) is 0.997. The average Bonchev–Trinajstić information content (AvgIpc) is 1.87. The monoisotopic (exact) mass is 150 g/mol. The van der Waals surface area contributed by atoms with Crippen molar-refractivity contribution in [2.24, 2.45) is 0 Å². The molecule has 0 saturated carbocycles. The molecule has 0 atom stereocenters. The minimum Gasteiger partial charge on any atom is -0.298 e. The van der Waals surface area contributed by atoms with Crippen molar-refractivity contribution in [3.63, 3.8) is 0 Å². The van der Waals surface area contributed by atoms with Crippen molar-refractivity contribution >= 4 is 11.6 Å². The van der Waals surface area contributed by atoms with Gasteiger partial charge in [-0.25, -0.2) is 0 Å². The summed E-state index contributed by atoms with van der Waals surface area (Å²) in [5.41, 5.74) is 0. The van der Waals surface area contributed by atoms with Crippen molar-refractivity contribution in [2.45, 2.75) is 19.8 Å². The number of Topliss-reactive ketones (excluding diaryl/α,β-unsaturated/α-hetero) is 1. The van der Waals surface area contributed by atoms with Gasteiger partial charge in [-0.3, -0.25) is 9.59 Å². The van der Waals surface area contributed by atoms with Crippen molar-refractivity contribution < 1.29 is 9.59 Å². The number of ketones is 2. The van der Waals surface area contributed by atoms with Crippen LogP contribution >= 0.6 is 0 Å². The van der Waals surface area contributed by atoms with Gasteiger partial charge in [0.05, 0.1) is 6.42 Å². The lowest BCUT2D eigenvalue weighted by atomic mass is 10.2. The largest absolute Gasteiger partial charge is 0.298 e. The van der Waals surface area contributed by atoms with E-state index < -0.39 is 0 Å². The maximum absolute atomic E-state index is 10.7.